The van der Waals surface area contributed by atoms with Crippen molar-refractivity contribution in [2.75, 3.05) is 18.5 Å². The highest BCUT2D eigenvalue weighted by atomic mass is 35.5. The summed E-state index contributed by atoms with van der Waals surface area (Å²) in [6.07, 6.45) is 7.77. The number of anilines is 2. The molecule has 1 aliphatic carbocycles. The number of carbonyl (C=O) groups is 1. The summed E-state index contributed by atoms with van der Waals surface area (Å²) in [7, 11) is 1.82. The summed E-state index contributed by atoms with van der Waals surface area (Å²) in [6.45, 7) is 3.35. The first-order chi connectivity index (χ1) is 16.9. The average molecular weight is 519 g/mol. The van der Waals surface area contributed by atoms with Gasteiger partial charge < -0.3 is 20.1 Å². The predicted octanol–water partition coefficient (Wildman–Crippen LogP) is 4.89. The molecular weight excluding hydrogens is 491 g/mol. The monoisotopic (exact) mass is 518 g/mol. The second-order valence-electron chi connectivity index (χ2n) is 9.32. The molecule has 2 fully saturated rings. The molecule has 3 aromatic rings. The first-order valence-electron chi connectivity index (χ1n) is 11.9. The lowest BCUT2D eigenvalue weighted by molar-refractivity contribution is 0.0910. The van der Waals surface area contributed by atoms with Gasteiger partial charge in [0.1, 0.15) is 17.2 Å². The number of imidazole rings is 1. The lowest BCUT2D eigenvalue weighted by atomic mass is 9.87. The molecule has 9 nitrogen and oxygen atoms in total. The Morgan fingerprint density at radius 3 is 2.57 bits per heavy atom. The van der Waals surface area contributed by atoms with Crippen LogP contribution in [0.3, 0.4) is 0 Å². The van der Waals surface area contributed by atoms with Crippen LogP contribution in [0.4, 0.5) is 11.6 Å². The number of halogens is 2. The molecule has 35 heavy (non-hydrogen) atoms. The van der Waals surface area contributed by atoms with Crippen molar-refractivity contribution in [1.82, 2.24) is 24.8 Å². The van der Waals surface area contributed by atoms with Gasteiger partial charge in [-0.05, 0) is 37.7 Å². The fraction of sp³-hybridized carbons (Fsp3) is 0.500. The zero-order chi connectivity index (χ0) is 24.5. The highest BCUT2D eigenvalue weighted by Crippen LogP contribution is 2.33. The molecule has 3 aromatic heterocycles. The van der Waals surface area contributed by atoms with Gasteiger partial charge in [-0.1, -0.05) is 30.1 Å². The molecule has 1 unspecified atom stereocenters. The number of carbonyl (C=O) groups excluding carboxylic acids is 1. The van der Waals surface area contributed by atoms with Crippen LogP contribution < -0.4 is 15.4 Å². The number of pyridine rings is 2. The summed E-state index contributed by atoms with van der Waals surface area (Å²) >= 11 is 12.5. The first-order valence-corrected chi connectivity index (χ1v) is 12.6. The van der Waals surface area contributed by atoms with E-state index in [9.17, 15) is 4.79 Å². The molecule has 11 heteroatoms. The highest BCUT2D eigenvalue weighted by molar-refractivity contribution is 6.39. The Morgan fingerprint density at radius 2 is 1.89 bits per heavy atom. The van der Waals surface area contributed by atoms with E-state index in [0.717, 1.165) is 32.1 Å². The summed E-state index contributed by atoms with van der Waals surface area (Å²) in [5.74, 6) is 1.25. The number of fused-ring (bicyclic) bond motifs is 1. The molecule has 0 bridgehead atoms. The van der Waals surface area contributed by atoms with Crippen molar-refractivity contribution in [2.45, 2.75) is 51.2 Å². The van der Waals surface area contributed by atoms with E-state index in [2.05, 4.69) is 27.5 Å². The van der Waals surface area contributed by atoms with Gasteiger partial charge in [-0.25, -0.2) is 4.98 Å². The van der Waals surface area contributed by atoms with E-state index in [1.54, 1.807) is 10.6 Å². The molecule has 0 spiro atoms. The fourth-order valence-corrected chi connectivity index (χ4v) is 4.99. The predicted molar refractivity (Wildman–Crippen MR) is 135 cm³/mol. The Kier molecular flexibility index (Phi) is 7.00. The third-order valence-electron chi connectivity index (χ3n) is 6.66. The minimum absolute atomic E-state index is 0.147. The van der Waals surface area contributed by atoms with Crippen LogP contribution in [0.25, 0.3) is 11.2 Å². The minimum atomic E-state index is -0.201. The van der Waals surface area contributed by atoms with E-state index >= 15 is 0 Å². The molecule has 1 aliphatic heterocycles. The van der Waals surface area contributed by atoms with E-state index in [1.165, 1.54) is 12.4 Å². The lowest BCUT2D eigenvalue weighted by Crippen LogP contribution is -2.37. The molecule has 1 amide bonds. The zero-order valence-electron chi connectivity index (χ0n) is 19.7. The summed E-state index contributed by atoms with van der Waals surface area (Å²) in [5.41, 5.74) is 1.97. The maximum Gasteiger partial charge on any atom is 0.257 e. The van der Waals surface area contributed by atoms with Gasteiger partial charge in [-0.3, -0.25) is 14.3 Å². The molecule has 1 atom stereocenters. The smallest absolute Gasteiger partial charge is 0.257 e. The number of hydrogen-bond acceptors (Lipinski definition) is 7. The van der Waals surface area contributed by atoms with E-state index in [1.807, 2.05) is 7.05 Å². The van der Waals surface area contributed by atoms with E-state index in [-0.39, 0.29) is 23.9 Å². The number of aromatic nitrogens is 4. The van der Waals surface area contributed by atoms with Crippen molar-refractivity contribution >= 4 is 51.9 Å². The van der Waals surface area contributed by atoms with Crippen molar-refractivity contribution in [1.29, 1.82) is 0 Å². The van der Waals surface area contributed by atoms with Gasteiger partial charge in [0.25, 0.3) is 5.91 Å². The average Bonchev–Trinajstić information content (AvgIpc) is 3.45. The number of ether oxygens (including phenoxy) is 2. The van der Waals surface area contributed by atoms with Crippen molar-refractivity contribution in [3.63, 3.8) is 0 Å². The van der Waals surface area contributed by atoms with Gasteiger partial charge in [0.2, 0.25) is 11.8 Å². The molecular formula is C24H28Cl2N6O3. The number of nitrogens with zero attached hydrogens (tertiary/aromatic N) is 4. The standard InChI is InChI=1S/C24H28Cl2N6O3/c1-13-3-5-14(6-4-13)28-22(33)16-9-19-21(31-23(16)35-15-7-8-34-12-15)32(2)24(29-19)30-20-17(25)10-27-11-18(20)26/h9-11,13-15H,3-8,12H2,1-2H3,(H,28,33)(H,27,29,30)/t13-,14-,15?. The van der Waals surface area contributed by atoms with Gasteiger partial charge in [0.15, 0.2) is 5.65 Å². The van der Waals surface area contributed by atoms with Crippen LogP contribution in [0.1, 0.15) is 49.4 Å². The molecule has 4 heterocycles. The minimum Gasteiger partial charge on any atom is -0.471 e. The van der Waals surface area contributed by atoms with Crippen molar-refractivity contribution in [2.24, 2.45) is 13.0 Å². The van der Waals surface area contributed by atoms with Crippen LogP contribution in [-0.4, -0.2) is 50.8 Å². The Hall–Kier alpha value is -2.62. The second kappa shape index (κ2) is 10.2. The second-order valence-corrected chi connectivity index (χ2v) is 10.1. The van der Waals surface area contributed by atoms with Crippen molar-refractivity contribution in [3.8, 4) is 5.88 Å². The van der Waals surface area contributed by atoms with Crippen LogP contribution in [0.2, 0.25) is 10.0 Å². The normalized spacial score (nSPS) is 22.3. The summed E-state index contributed by atoms with van der Waals surface area (Å²) in [6, 6.07) is 1.88. The zero-order valence-corrected chi connectivity index (χ0v) is 21.2. The highest BCUT2D eigenvalue weighted by Gasteiger charge is 2.27. The Bertz CT molecular complexity index is 1220. The molecule has 2 N–H and O–H groups in total. The number of aryl methyl sites for hydroxylation is 1. The number of rotatable bonds is 6. The topological polar surface area (TPSA) is 103 Å². The van der Waals surface area contributed by atoms with Crippen LogP contribution >= 0.6 is 23.2 Å². The molecule has 186 valence electrons. The van der Waals surface area contributed by atoms with Crippen LogP contribution in [-0.2, 0) is 11.8 Å². The van der Waals surface area contributed by atoms with E-state index in [0.29, 0.717) is 57.5 Å². The summed E-state index contributed by atoms with van der Waals surface area (Å²) in [5, 5.41) is 7.07. The van der Waals surface area contributed by atoms with Crippen LogP contribution in [0.15, 0.2) is 18.5 Å². The third kappa shape index (κ3) is 5.17. The Labute approximate surface area is 213 Å². The van der Waals surface area contributed by atoms with Crippen LogP contribution in [0, 0.1) is 5.92 Å². The molecule has 1 saturated carbocycles. The van der Waals surface area contributed by atoms with Gasteiger partial charge in [-0.15, -0.1) is 0 Å². The Morgan fingerprint density at radius 1 is 1.14 bits per heavy atom. The summed E-state index contributed by atoms with van der Waals surface area (Å²) in [4.78, 5) is 26.7. The molecule has 2 aliphatic rings. The quantitative estimate of drug-likeness (QED) is 0.478. The molecule has 0 radical (unpaired) electrons. The van der Waals surface area contributed by atoms with Gasteiger partial charge in [0.05, 0.1) is 28.9 Å². The SMILES string of the molecule is Cn1c(Nc2c(Cl)cncc2Cl)nc2cc(C(=O)N[C@H]3CC[C@H](C)CC3)c(OC3CCOC3)nc21. The van der Waals surface area contributed by atoms with Crippen molar-refractivity contribution < 1.29 is 14.3 Å². The number of hydrogen-bond donors (Lipinski definition) is 2. The van der Waals surface area contributed by atoms with Crippen molar-refractivity contribution in [3.05, 3.63) is 34.1 Å². The molecule has 0 aromatic carbocycles. The van der Waals surface area contributed by atoms with E-state index in [4.69, 9.17) is 37.7 Å². The molecule has 5 rings (SSSR count). The third-order valence-corrected chi connectivity index (χ3v) is 7.24. The number of amides is 1. The lowest BCUT2D eigenvalue weighted by Gasteiger charge is -2.27. The first kappa shape index (κ1) is 24.1. The fourth-order valence-electron chi connectivity index (χ4n) is 4.53. The van der Waals surface area contributed by atoms with Gasteiger partial charge in [-0.2, -0.15) is 4.98 Å². The van der Waals surface area contributed by atoms with E-state index < -0.39 is 0 Å². The maximum absolute atomic E-state index is 13.4. The van der Waals surface area contributed by atoms with Crippen LogP contribution in [0.5, 0.6) is 5.88 Å². The summed E-state index contributed by atoms with van der Waals surface area (Å²) < 4.78 is 13.4. The van der Waals surface area contributed by atoms with Gasteiger partial charge in [0, 0.05) is 31.9 Å². The maximum atomic E-state index is 13.4. The Balaban J connectivity index is 1.48. The number of nitrogens with one attached hydrogen (secondary N) is 2. The largest absolute Gasteiger partial charge is 0.471 e. The van der Waals surface area contributed by atoms with Gasteiger partial charge >= 0.3 is 0 Å². The molecule has 1 saturated heterocycles.